The van der Waals surface area contributed by atoms with Crippen LogP contribution in [0.15, 0.2) is 42.5 Å². The molecule has 0 saturated carbocycles. The number of nitrogens with zero attached hydrogens (tertiary/aromatic N) is 1. The fraction of sp³-hybridized carbons (Fsp3) is 0.462. The molecule has 4 rings (SSSR count). The zero-order valence-electron chi connectivity index (χ0n) is 19.7. The topological polar surface area (TPSA) is 70.7 Å². The lowest BCUT2D eigenvalue weighted by atomic mass is 9.79. The molecule has 2 aliphatic rings. The molecule has 2 amide bonds. The Morgan fingerprint density at radius 3 is 2.48 bits per heavy atom. The molecule has 2 aromatic rings. The van der Waals surface area contributed by atoms with Crippen molar-refractivity contribution in [3.8, 4) is 11.5 Å². The van der Waals surface area contributed by atoms with E-state index in [0.29, 0.717) is 28.5 Å². The van der Waals surface area contributed by atoms with Gasteiger partial charge >= 0.3 is 0 Å². The van der Waals surface area contributed by atoms with Gasteiger partial charge in [-0.15, -0.1) is 0 Å². The van der Waals surface area contributed by atoms with Gasteiger partial charge in [0.05, 0.1) is 5.02 Å². The minimum Gasteiger partial charge on any atom is -0.456 e. The zero-order valence-corrected chi connectivity index (χ0v) is 20.5. The number of hydrogen-bond donors (Lipinski definition) is 2. The Labute approximate surface area is 200 Å². The first-order valence-electron chi connectivity index (χ1n) is 11.5. The average molecular weight is 470 g/mol. The molecule has 0 aliphatic carbocycles. The van der Waals surface area contributed by atoms with Gasteiger partial charge in [-0.05, 0) is 77.3 Å². The number of anilines is 1. The number of carbonyl (C=O) groups is 2. The van der Waals surface area contributed by atoms with Crippen LogP contribution < -0.4 is 20.3 Å². The first kappa shape index (κ1) is 23.6. The molecule has 33 heavy (non-hydrogen) atoms. The highest BCUT2D eigenvalue weighted by atomic mass is 35.5. The Bertz CT molecular complexity index is 1050. The quantitative estimate of drug-likeness (QED) is 0.623. The minimum atomic E-state index is -0.142. The fourth-order valence-corrected chi connectivity index (χ4v) is 5.40. The Balaban J connectivity index is 1.44. The molecule has 2 aliphatic heterocycles. The maximum atomic E-state index is 12.9. The second-order valence-electron chi connectivity index (χ2n) is 10.4. The summed E-state index contributed by atoms with van der Waals surface area (Å²) < 4.78 is 5.97. The summed E-state index contributed by atoms with van der Waals surface area (Å²) >= 11 is 6.47. The van der Waals surface area contributed by atoms with Crippen LogP contribution in [0.25, 0.3) is 0 Å². The van der Waals surface area contributed by atoms with E-state index in [0.717, 1.165) is 31.5 Å². The van der Waals surface area contributed by atoms with Crippen LogP contribution in [0, 0.1) is 0 Å². The maximum absolute atomic E-state index is 12.9. The number of halogens is 1. The number of benzene rings is 2. The van der Waals surface area contributed by atoms with Crippen molar-refractivity contribution >= 4 is 29.1 Å². The van der Waals surface area contributed by atoms with Gasteiger partial charge in [0.1, 0.15) is 11.5 Å². The van der Waals surface area contributed by atoms with E-state index in [1.54, 1.807) is 23.1 Å². The summed E-state index contributed by atoms with van der Waals surface area (Å²) in [6.07, 6.45) is 3.15. The predicted octanol–water partition coefficient (Wildman–Crippen LogP) is 5.30. The lowest BCUT2D eigenvalue weighted by molar-refractivity contribution is -0.117. The number of rotatable bonds is 5. The Hall–Kier alpha value is -2.57. The van der Waals surface area contributed by atoms with Crippen LogP contribution in [0.3, 0.4) is 0 Å². The first-order chi connectivity index (χ1) is 15.5. The molecule has 2 aromatic carbocycles. The summed E-state index contributed by atoms with van der Waals surface area (Å²) in [4.78, 5) is 26.7. The number of amides is 2. The average Bonchev–Trinajstić information content (AvgIpc) is 3.13. The molecule has 7 heteroatoms. The number of ether oxygens (including phenoxy) is 1. The lowest BCUT2D eigenvalue weighted by Gasteiger charge is -2.46. The Kier molecular flexibility index (Phi) is 6.43. The highest BCUT2D eigenvalue weighted by Crippen LogP contribution is 2.33. The van der Waals surface area contributed by atoms with E-state index in [-0.39, 0.29) is 28.9 Å². The molecule has 0 bridgehead atoms. The van der Waals surface area contributed by atoms with E-state index >= 15 is 0 Å². The molecule has 0 spiro atoms. The SMILES string of the molecule is CC1(C)CC(NC(=O)c2ccc(Oc3cccc(N4CCCC4=O)c3)c(Cl)c2)CC(C)(C)N1. The van der Waals surface area contributed by atoms with Crippen molar-refractivity contribution in [1.29, 1.82) is 0 Å². The minimum absolute atomic E-state index is 0.0523. The van der Waals surface area contributed by atoms with Gasteiger partial charge in [-0.3, -0.25) is 9.59 Å². The predicted molar refractivity (Wildman–Crippen MR) is 131 cm³/mol. The van der Waals surface area contributed by atoms with Crippen molar-refractivity contribution in [3.63, 3.8) is 0 Å². The lowest BCUT2D eigenvalue weighted by Crippen LogP contribution is -2.62. The number of piperidine rings is 1. The van der Waals surface area contributed by atoms with Crippen molar-refractivity contribution in [2.24, 2.45) is 0 Å². The third-order valence-corrected chi connectivity index (χ3v) is 6.45. The third kappa shape index (κ3) is 5.68. The van der Waals surface area contributed by atoms with Gasteiger partial charge in [0.2, 0.25) is 5.91 Å². The van der Waals surface area contributed by atoms with Crippen LogP contribution in [0.1, 0.15) is 63.7 Å². The fourth-order valence-electron chi connectivity index (χ4n) is 5.18. The molecule has 2 N–H and O–H groups in total. The van der Waals surface area contributed by atoms with E-state index in [2.05, 4.69) is 38.3 Å². The van der Waals surface area contributed by atoms with Crippen LogP contribution in [0.2, 0.25) is 5.02 Å². The van der Waals surface area contributed by atoms with Crippen molar-refractivity contribution in [1.82, 2.24) is 10.6 Å². The standard InChI is InChI=1S/C26H32ClN3O3/c1-25(2)15-18(16-26(3,4)29-25)28-24(32)17-10-11-22(21(27)13-17)33-20-8-5-7-19(14-20)30-12-6-9-23(30)31/h5,7-8,10-11,13-14,18,29H,6,9,12,15-16H2,1-4H3,(H,28,32). The molecular weight excluding hydrogens is 438 g/mol. The van der Waals surface area contributed by atoms with Crippen LogP contribution in [-0.4, -0.2) is 35.5 Å². The summed E-state index contributed by atoms with van der Waals surface area (Å²) in [5.41, 5.74) is 1.21. The van der Waals surface area contributed by atoms with E-state index in [1.165, 1.54) is 0 Å². The van der Waals surface area contributed by atoms with Crippen molar-refractivity contribution in [3.05, 3.63) is 53.1 Å². The van der Waals surface area contributed by atoms with E-state index in [9.17, 15) is 9.59 Å². The molecule has 0 unspecified atom stereocenters. The van der Waals surface area contributed by atoms with Crippen LogP contribution >= 0.6 is 11.6 Å². The number of carbonyl (C=O) groups excluding carboxylic acids is 2. The summed E-state index contributed by atoms with van der Waals surface area (Å²) in [5.74, 6) is 1.03. The molecule has 176 valence electrons. The normalized spacial score (nSPS) is 20.0. The van der Waals surface area contributed by atoms with Gasteiger partial charge in [-0.2, -0.15) is 0 Å². The van der Waals surface area contributed by atoms with E-state index in [4.69, 9.17) is 16.3 Å². The molecule has 2 fully saturated rings. The smallest absolute Gasteiger partial charge is 0.251 e. The van der Waals surface area contributed by atoms with Gasteiger partial charge < -0.3 is 20.3 Å². The zero-order chi connectivity index (χ0) is 23.8. The summed E-state index contributed by atoms with van der Waals surface area (Å²) in [7, 11) is 0. The molecule has 2 heterocycles. The molecular formula is C26H32ClN3O3. The van der Waals surface area contributed by atoms with Gasteiger partial charge in [0.15, 0.2) is 0 Å². The molecule has 0 atom stereocenters. The van der Waals surface area contributed by atoms with Gasteiger partial charge in [-0.1, -0.05) is 17.7 Å². The van der Waals surface area contributed by atoms with Crippen LogP contribution in [0.5, 0.6) is 11.5 Å². The Morgan fingerprint density at radius 2 is 1.85 bits per heavy atom. The monoisotopic (exact) mass is 469 g/mol. The summed E-state index contributed by atoms with van der Waals surface area (Å²) in [6, 6.07) is 12.6. The van der Waals surface area contributed by atoms with E-state index < -0.39 is 0 Å². The van der Waals surface area contributed by atoms with Crippen molar-refractivity contribution < 1.29 is 14.3 Å². The summed E-state index contributed by atoms with van der Waals surface area (Å²) in [6.45, 7) is 9.35. The second kappa shape index (κ2) is 8.99. The second-order valence-corrected chi connectivity index (χ2v) is 10.8. The maximum Gasteiger partial charge on any atom is 0.251 e. The van der Waals surface area contributed by atoms with Gasteiger partial charge in [-0.25, -0.2) is 0 Å². The first-order valence-corrected chi connectivity index (χ1v) is 11.9. The van der Waals surface area contributed by atoms with E-state index in [1.807, 2.05) is 24.3 Å². The van der Waals surface area contributed by atoms with Gasteiger partial charge in [0.25, 0.3) is 5.91 Å². The van der Waals surface area contributed by atoms with Crippen molar-refractivity contribution in [2.45, 2.75) is 70.5 Å². The molecule has 6 nitrogen and oxygen atoms in total. The molecule has 0 radical (unpaired) electrons. The number of hydrogen-bond acceptors (Lipinski definition) is 4. The van der Waals surface area contributed by atoms with Crippen molar-refractivity contribution in [2.75, 3.05) is 11.4 Å². The van der Waals surface area contributed by atoms with Gasteiger partial charge in [0, 0.05) is 47.4 Å². The van der Waals surface area contributed by atoms with Crippen LogP contribution in [-0.2, 0) is 4.79 Å². The summed E-state index contributed by atoms with van der Waals surface area (Å²) in [5, 5.41) is 7.16. The molecule has 2 saturated heterocycles. The largest absolute Gasteiger partial charge is 0.456 e. The Morgan fingerprint density at radius 1 is 1.12 bits per heavy atom. The highest BCUT2D eigenvalue weighted by molar-refractivity contribution is 6.32. The highest BCUT2D eigenvalue weighted by Gasteiger charge is 2.38. The van der Waals surface area contributed by atoms with Crippen LogP contribution in [0.4, 0.5) is 5.69 Å². The molecule has 0 aromatic heterocycles. The number of nitrogens with one attached hydrogen (secondary N) is 2. The third-order valence-electron chi connectivity index (χ3n) is 6.15.